The summed E-state index contributed by atoms with van der Waals surface area (Å²) in [5.41, 5.74) is 0.990. The Morgan fingerprint density at radius 3 is 3.09 bits per heavy atom. The van der Waals surface area contributed by atoms with Crippen LogP contribution in [0, 0.1) is 5.92 Å². The molecule has 0 aromatic rings. The molecular weight excluding hydrogens is 144 g/mol. The zero-order valence-corrected chi connectivity index (χ0v) is 6.54. The van der Waals surface area contributed by atoms with Gasteiger partial charge in [-0.25, -0.2) is 4.79 Å². The molecule has 1 aliphatic rings. The molecule has 62 valence electrons. The van der Waals surface area contributed by atoms with Crippen LogP contribution in [-0.2, 0) is 9.53 Å². The van der Waals surface area contributed by atoms with Gasteiger partial charge in [-0.1, -0.05) is 12.5 Å². The van der Waals surface area contributed by atoms with E-state index in [2.05, 4.69) is 0 Å². The maximum Gasteiger partial charge on any atom is 0.328 e. The van der Waals surface area contributed by atoms with Crippen LogP contribution in [0.15, 0.2) is 11.6 Å². The summed E-state index contributed by atoms with van der Waals surface area (Å²) in [6, 6.07) is 0. The first-order chi connectivity index (χ1) is 5.20. The van der Waals surface area contributed by atoms with Gasteiger partial charge in [0.2, 0.25) is 0 Å². The fourth-order valence-corrected chi connectivity index (χ4v) is 1.18. The van der Waals surface area contributed by atoms with Gasteiger partial charge in [0.05, 0.1) is 13.2 Å². The average Bonchev–Trinajstić information content (AvgIpc) is 1.93. The molecule has 0 radical (unpaired) electrons. The number of aliphatic carboxylic acids is 1. The molecule has 3 heteroatoms. The molecule has 0 bridgehead atoms. The topological polar surface area (TPSA) is 46.5 Å². The molecule has 1 saturated heterocycles. The van der Waals surface area contributed by atoms with E-state index >= 15 is 0 Å². The van der Waals surface area contributed by atoms with Crippen LogP contribution in [0.1, 0.15) is 13.3 Å². The van der Waals surface area contributed by atoms with Crippen molar-refractivity contribution in [2.45, 2.75) is 13.3 Å². The molecule has 1 heterocycles. The zero-order chi connectivity index (χ0) is 8.27. The summed E-state index contributed by atoms with van der Waals surface area (Å²) < 4.78 is 5.16. The van der Waals surface area contributed by atoms with Crippen LogP contribution >= 0.6 is 0 Å². The standard InChI is InChI=1S/C8H12O3/c1-6-5-11-3-2-7(6)4-8(9)10/h4,6H,2-3,5H2,1H3,(H,9,10). The highest BCUT2D eigenvalue weighted by Crippen LogP contribution is 2.19. The lowest BCUT2D eigenvalue weighted by molar-refractivity contribution is -0.131. The molecule has 1 atom stereocenters. The Morgan fingerprint density at radius 1 is 1.82 bits per heavy atom. The monoisotopic (exact) mass is 156 g/mol. The molecule has 1 N–H and O–H groups in total. The van der Waals surface area contributed by atoms with E-state index in [9.17, 15) is 4.79 Å². The molecule has 0 spiro atoms. The van der Waals surface area contributed by atoms with Crippen molar-refractivity contribution < 1.29 is 14.6 Å². The maximum atomic E-state index is 10.3. The third-order valence-electron chi connectivity index (χ3n) is 1.84. The van der Waals surface area contributed by atoms with Gasteiger partial charge in [0, 0.05) is 12.0 Å². The zero-order valence-electron chi connectivity index (χ0n) is 6.54. The van der Waals surface area contributed by atoms with Crippen molar-refractivity contribution in [2.75, 3.05) is 13.2 Å². The Balaban J connectivity index is 2.60. The van der Waals surface area contributed by atoms with E-state index in [1.165, 1.54) is 6.08 Å². The van der Waals surface area contributed by atoms with E-state index in [0.29, 0.717) is 13.2 Å². The fraction of sp³-hybridized carbons (Fsp3) is 0.625. The van der Waals surface area contributed by atoms with Crippen LogP contribution < -0.4 is 0 Å². The van der Waals surface area contributed by atoms with Crippen LogP contribution in [0.25, 0.3) is 0 Å². The van der Waals surface area contributed by atoms with Gasteiger partial charge in [-0.05, 0) is 6.42 Å². The third-order valence-corrected chi connectivity index (χ3v) is 1.84. The van der Waals surface area contributed by atoms with E-state index in [0.717, 1.165) is 12.0 Å². The van der Waals surface area contributed by atoms with Crippen LogP contribution in [0.2, 0.25) is 0 Å². The lowest BCUT2D eigenvalue weighted by atomic mass is 9.97. The maximum absolute atomic E-state index is 10.3. The van der Waals surface area contributed by atoms with E-state index in [4.69, 9.17) is 9.84 Å². The van der Waals surface area contributed by atoms with Crippen LogP contribution in [0.5, 0.6) is 0 Å². The lowest BCUT2D eigenvalue weighted by Gasteiger charge is -2.21. The number of carboxylic acid groups (broad SMARTS) is 1. The van der Waals surface area contributed by atoms with Gasteiger partial charge >= 0.3 is 5.97 Å². The third kappa shape index (κ3) is 2.35. The summed E-state index contributed by atoms with van der Waals surface area (Å²) in [7, 11) is 0. The summed E-state index contributed by atoms with van der Waals surface area (Å²) in [5.74, 6) is -0.589. The normalized spacial score (nSPS) is 28.8. The molecule has 0 aliphatic carbocycles. The van der Waals surface area contributed by atoms with Crippen molar-refractivity contribution in [3.8, 4) is 0 Å². The number of hydrogen-bond acceptors (Lipinski definition) is 2. The highest BCUT2D eigenvalue weighted by atomic mass is 16.5. The minimum atomic E-state index is -0.853. The summed E-state index contributed by atoms with van der Waals surface area (Å²) in [6.45, 7) is 3.29. The van der Waals surface area contributed by atoms with Crippen LogP contribution in [-0.4, -0.2) is 24.3 Å². The molecular formula is C8H12O3. The Hall–Kier alpha value is -0.830. The largest absolute Gasteiger partial charge is 0.478 e. The Bertz CT molecular complexity index is 184. The van der Waals surface area contributed by atoms with Crippen molar-refractivity contribution >= 4 is 5.97 Å². The molecule has 11 heavy (non-hydrogen) atoms. The van der Waals surface area contributed by atoms with Gasteiger partial charge in [0.15, 0.2) is 0 Å². The summed E-state index contributed by atoms with van der Waals surface area (Å²) in [4.78, 5) is 10.3. The van der Waals surface area contributed by atoms with E-state index in [-0.39, 0.29) is 5.92 Å². The Morgan fingerprint density at radius 2 is 2.55 bits per heavy atom. The minimum Gasteiger partial charge on any atom is -0.478 e. The highest BCUT2D eigenvalue weighted by Gasteiger charge is 2.15. The average molecular weight is 156 g/mol. The van der Waals surface area contributed by atoms with Gasteiger partial charge in [-0.2, -0.15) is 0 Å². The number of ether oxygens (including phenoxy) is 1. The second-order valence-electron chi connectivity index (χ2n) is 2.78. The molecule has 1 fully saturated rings. The smallest absolute Gasteiger partial charge is 0.328 e. The van der Waals surface area contributed by atoms with Crippen LogP contribution in [0.3, 0.4) is 0 Å². The first-order valence-corrected chi connectivity index (χ1v) is 3.71. The van der Waals surface area contributed by atoms with Crippen LogP contribution in [0.4, 0.5) is 0 Å². The minimum absolute atomic E-state index is 0.264. The lowest BCUT2D eigenvalue weighted by Crippen LogP contribution is -2.18. The molecule has 0 saturated carbocycles. The highest BCUT2D eigenvalue weighted by molar-refractivity contribution is 5.80. The SMILES string of the molecule is CC1COCCC1=CC(=O)O. The summed E-state index contributed by atoms with van der Waals surface area (Å²) in [5, 5.41) is 8.47. The molecule has 3 nitrogen and oxygen atoms in total. The first kappa shape index (κ1) is 8.27. The Labute approximate surface area is 65.7 Å². The van der Waals surface area contributed by atoms with Crippen molar-refractivity contribution in [3.05, 3.63) is 11.6 Å². The van der Waals surface area contributed by atoms with Gasteiger partial charge in [0.1, 0.15) is 0 Å². The van der Waals surface area contributed by atoms with E-state index in [1.807, 2.05) is 6.92 Å². The van der Waals surface area contributed by atoms with E-state index < -0.39 is 5.97 Å². The predicted octanol–water partition coefficient (Wildman–Crippen LogP) is 1.05. The number of hydrogen-bond donors (Lipinski definition) is 1. The molecule has 0 amide bonds. The van der Waals surface area contributed by atoms with Gasteiger partial charge in [-0.3, -0.25) is 0 Å². The van der Waals surface area contributed by atoms with Crippen molar-refractivity contribution in [1.82, 2.24) is 0 Å². The first-order valence-electron chi connectivity index (χ1n) is 3.71. The molecule has 0 aromatic heterocycles. The second kappa shape index (κ2) is 3.53. The second-order valence-corrected chi connectivity index (χ2v) is 2.78. The summed E-state index contributed by atoms with van der Waals surface area (Å²) >= 11 is 0. The molecule has 1 unspecified atom stereocenters. The molecule has 0 aromatic carbocycles. The number of rotatable bonds is 1. The molecule has 1 rings (SSSR count). The van der Waals surface area contributed by atoms with Crippen molar-refractivity contribution in [1.29, 1.82) is 0 Å². The van der Waals surface area contributed by atoms with E-state index in [1.54, 1.807) is 0 Å². The van der Waals surface area contributed by atoms with Gasteiger partial charge in [-0.15, -0.1) is 0 Å². The Kier molecular flexibility index (Phi) is 2.65. The summed E-state index contributed by atoms with van der Waals surface area (Å²) in [6.07, 6.45) is 2.06. The van der Waals surface area contributed by atoms with Gasteiger partial charge in [0.25, 0.3) is 0 Å². The van der Waals surface area contributed by atoms with Crippen molar-refractivity contribution in [2.24, 2.45) is 5.92 Å². The van der Waals surface area contributed by atoms with Crippen molar-refractivity contribution in [3.63, 3.8) is 0 Å². The number of carbonyl (C=O) groups is 1. The number of carboxylic acids is 1. The molecule has 1 aliphatic heterocycles. The van der Waals surface area contributed by atoms with Gasteiger partial charge < -0.3 is 9.84 Å². The quantitative estimate of drug-likeness (QED) is 0.577. The fourth-order valence-electron chi connectivity index (χ4n) is 1.18. The predicted molar refractivity (Wildman–Crippen MR) is 40.3 cm³/mol.